The zero-order chi connectivity index (χ0) is 13.0. The van der Waals surface area contributed by atoms with Gasteiger partial charge in [0.15, 0.2) is 5.16 Å². The number of nitrogens with two attached hydrogens (primary N) is 1. The van der Waals surface area contributed by atoms with Crippen molar-refractivity contribution in [1.82, 2.24) is 9.97 Å². The van der Waals surface area contributed by atoms with Crippen molar-refractivity contribution in [2.24, 2.45) is 0 Å². The number of nitrogens with zero attached hydrogens (tertiary/aromatic N) is 1. The van der Waals surface area contributed by atoms with Gasteiger partial charge in [0.2, 0.25) is 0 Å². The number of unbranched alkanes of at least 4 members (excludes halogenated alkanes) is 2. The normalized spacial score (nSPS) is 10.9. The van der Waals surface area contributed by atoms with Crippen molar-refractivity contribution < 1.29 is 0 Å². The Morgan fingerprint density at radius 1 is 1.39 bits per heavy atom. The van der Waals surface area contributed by atoms with E-state index < -0.39 is 0 Å². The third-order valence-corrected chi connectivity index (χ3v) is 3.65. The first-order valence-electron chi connectivity index (χ1n) is 6.13. The number of fused-ring (bicyclic) bond motifs is 1. The number of H-pyrrole nitrogens is 1. The molecular formula is C13H17N3OS. The molecule has 1 heterocycles. The lowest BCUT2D eigenvalue weighted by molar-refractivity contribution is 0.777. The van der Waals surface area contributed by atoms with Crippen LogP contribution in [0.25, 0.3) is 10.9 Å². The van der Waals surface area contributed by atoms with Gasteiger partial charge in [0.1, 0.15) is 0 Å². The first-order valence-corrected chi connectivity index (χ1v) is 7.11. The fraction of sp³-hybridized carbons (Fsp3) is 0.385. The Labute approximate surface area is 110 Å². The van der Waals surface area contributed by atoms with Crippen LogP contribution < -0.4 is 11.3 Å². The Kier molecular flexibility index (Phi) is 4.25. The molecule has 0 aliphatic rings. The molecule has 2 rings (SSSR count). The molecule has 0 spiro atoms. The van der Waals surface area contributed by atoms with Gasteiger partial charge in [0, 0.05) is 11.4 Å². The molecule has 18 heavy (non-hydrogen) atoms. The van der Waals surface area contributed by atoms with Crippen molar-refractivity contribution in [2.75, 3.05) is 11.5 Å². The van der Waals surface area contributed by atoms with E-state index in [1.807, 2.05) is 0 Å². The Morgan fingerprint density at radius 2 is 2.22 bits per heavy atom. The summed E-state index contributed by atoms with van der Waals surface area (Å²) in [5, 5.41) is 1.24. The molecule has 0 saturated heterocycles. The number of nitrogen functional groups attached to an aromatic ring is 1. The Morgan fingerprint density at radius 3 is 3.00 bits per heavy atom. The molecule has 0 bridgehead atoms. The second-order valence-corrected chi connectivity index (χ2v) is 5.29. The number of hydrogen-bond acceptors (Lipinski definition) is 4. The van der Waals surface area contributed by atoms with Gasteiger partial charge in [-0.3, -0.25) is 4.79 Å². The number of benzene rings is 1. The molecule has 3 N–H and O–H groups in total. The molecule has 0 unspecified atom stereocenters. The monoisotopic (exact) mass is 263 g/mol. The zero-order valence-corrected chi connectivity index (χ0v) is 11.2. The third-order valence-electron chi connectivity index (χ3n) is 2.69. The largest absolute Gasteiger partial charge is 0.399 e. The number of nitrogens with one attached hydrogen (secondary N) is 1. The zero-order valence-electron chi connectivity index (χ0n) is 10.4. The molecule has 0 aliphatic heterocycles. The highest BCUT2D eigenvalue weighted by Crippen LogP contribution is 2.17. The van der Waals surface area contributed by atoms with Crippen LogP contribution >= 0.6 is 11.8 Å². The van der Waals surface area contributed by atoms with Crippen molar-refractivity contribution in [1.29, 1.82) is 0 Å². The molecule has 0 atom stereocenters. The molecule has 0 amide bonds. The van der Waals surface area contributed by atoms with E-state index in [-0.39, 0.29) is 5.56 Å². The molecule has 0 radical (unpaired) electrons. The fourth-order valence-electron chi connectivity index (χ4n) is 1.72. The number of anilines is 1. The van der Waals surface area contributed by atoms with Crippen LogP contribution in [0.5, 0.6) is 0 Å². The van der Waals surface area contributed by atoms with Crippen molar-refractivity contribution >= 4 is 28.4 Å². The lowest BCUT2D eigenvalue weighted by Gasteiger charge is -2.03. The summed E-state index contributed by atoms with van der Waals surface area (Å²) in [6.45, 7) is 2.17. The van der Waals surface area contributed by atoms with Gasteiger partial charge >= 0.3 is 0 Å². The number of rotatable bonds is 5. The summed E-state index contributed by atoms with van der Waals surface area (Å²) < 4.78 is 0. The van der Waals surface area contributed by atoms with E-state index in [1.54, 1.807) is 30.0 Å². The van der Waals surface area contributed by atoms with Crippen LogP contribution in [-0.4, -0.2) is 15.7 Å². The standard InChI is InChI=1S/C13H17N3OS/c1-2-3-4-7-18-13-15-11-6-5-9(14)8-10(11)12(17)16-13/h5-6,8H,2-4,7,14H2,1H3,(H,15,16,17). The second-order valence-electron chi connectivity index (χ2n) is 4.20. The van der Waals surface area contributed by atoms with Crippen LogP contribution in [0.4, 0.5) is 5.69 Å². The van der Waals surface area contributed by atoms with E-state index in [4.69, 9.17) is 5.73 Å². The quantitative estimate of drug-likeness (QED) is 0.376. The molecule has 0 saturated carbocycles. The minimum Gasteiger partial charge on any atom is -0.399 e. The maximum atomic E-state index is 11.9. The maximum Gasteiger partial charge on any atom is 0.259 e. The number of thioether (sulfide) groups is 1. The van der Waals surface area contributed by atoms with E-state index in [0.717, 1.165) is 12.2 Å². The Hall–Kier alpha value is -1.49. The summed E-state index contributed by atoms with van der Waals surface area (Å²) in [5.41, 5.74) is 6.82. The molecule has 0 aliphatic carbocycles. The van der Waals surface area contributed by atoms with Crippen LogP contribution in [0, 0.1) is 0 Å². The molecule has 2 aromatic rings. The van der Waals surface area contributed by atoms with Crippen LogP contribution in [0.3, 0.4) is 0 Å². The lowest BCUT2D eigenvalue weighted by atomic mass is 10.2. The van der Waals surface area contributed by atoms with Crippen molar-refractivity contribution in [2.45, 2.75) is 31.3 Å². The van der Waals surface area contributed by atoms with Crippen molar-refractivity contribution in [3.05, 3.63) is 28.6 Å². The maximum absolute atomic E-state index is 11.9. The van der Waals surface area contributed by atoms with E-state index in [9.17, 15) is 4.79 Å². The summed E-state index contributed by atoms with van der Waals surface area (Å²) in [7, 11) is 0. The molecule has 96 valence electrons. The molecule has 5 heteroatoms. The van der Waals surface area contributed by atoms with Gasteiger partial charge in [-0.1, -0.05) is 31.5 Å². The average Bonchev–Trinajstić information content (AvgIpc) is 2.36. The van der Waals surface area contributed by atoms with Gasteiger partial charge in [-0.05, 0) is 24.6 Å². The third kappa shape index (κ3) is 3.04. The highest BCUT2D eigenvalue weighted by molar-refractivity contribution is 7.99. The van der Waals surface area contributed by atoms with Gasteiger partial charge in [-0.2, -0.15) is 0 Å². The molecular weight excluding hydrogens is 246 g/mol. The SMILES string of the molecule is CCCCCSc1nc2ccc(N)cc2c(=O)[nH]1. The predicted octanol–water partition coefficient (Wildman–Crippen LogP) is 2.79. The topological polar surface area (TPSA) is 71.8 Å². The number of hydrogen-bond donors (Lipinski definition) is 2. The summed E-state index contributed by atoms with van der Waals surface area (Å²) in [5.74, 6) is 0.983. The molecule has 0 fully saturated rings. The van der Waals surface area contributed by atoms with Gasteiger partial charge in [-0.15, -0.1) is 0 Å². The van der Waals surface area contributed by atoms with Crippen molar-refractivity contribution in [3.8, 4) is 0 Å². The van der Waals surface area contributed by atoms with Crippen molar-refractivity contribution in [3.63, 3.8) is 0 Å². The van der Waals surface area contributed by atoms with E-state index in [2.05, 4.69) is 16.9 Å². The van der Waals surface area contributed by atoms with Gasteiger partial charge < -0.3 is 10.7 Å². The molecule has 4 nitrogen and oxygen atoms in total. The highest BCUT2D eigenvalue weighted by Gasteiger charge is 2.04. The summed E-state index contributed by atoms with van der Waals surface area (Å²) in [6.07, 6.45) is 3.55. The van der Waals surface area contributed by atoms with Gasteiger partial charge in [-0.25, -0.2) is 4.98 Å². The summed E-state index contributed by atoms with van der Waals surface area (Å²) in [6, 6.07) is 5.21. The van der Waals surface area contributed by atoms with Crippen LogP contribution in [0.2, 0.25) is 0 Å². The lowest BCUT2D eigenvalue weighted by Crippen LogP contribution is -2.09. The summed E-state index contributed by atoms with van der Waals surface area (Å²) in [4.78, 5) is 19.1. The van der Waals surface area contributed by atoms with Crippen LogP contribution in [0.1, 0.15) is 26.2 Å². The van der Waals surface area contributed by atoms with E-state index in [1.165, 1.54) is 12.8 Å². The predicted molar refractivity (Wildman–Crippen MR) is 77.0 cm³/mol. The van der Waals surface area contributed by atoms with Gasteiger partial charge in [0.05, 0.1) is 10.9 Å². The smallest absolute Gasteiger partial charge is 0.259 e. The second kappa shape index (κ2) is 5.91. The minimum absolute atomic E-state index is 0.120. The number of aromatic nitrogens is 2. The average molecular weight is 263 g/mol. The molecule has 1 aromatic heterocycles. The number of aromatic amines is 1. The van der Waals surface area contributed by atoms with Crippen LogP contribution in [0.15, 0.2) is 28.2 Å². The first-order chi connectivity index (χ1) is 8.70. The Balaban J connectivity index is 2.21. The van der Waals surface area contributed by atoms with E-state index in [0.29, 0.717) is 21.7 Å². The van der Waals surface area contributed by atoms with E-state index >= 15 is 0 Å². The van der Waals surface area contributed by atoms with Crippen LogP contribution in [-0.2, 0) is 0 Å². The molecule has 1 aromatic carbocycles. The minimum atomic E-state index is -0.120. The highest BCUT2D eigenvalue weighted by atomic mass is 32.2. The fourth-order valence-corrected chi connectivity index (χ4v) is 2.59. The first kappa shape index (κ1) is 13.0. The van der Waals surface area contributed by atoms with Gasteiger partial charge in [0.25, 0.3) is 5.56 Å². The summed E-state index contributed by atoms with van der Waals surface area (Å²) >= 11 is 1.60. The Bertz CT molecular complexity index is 594.